The third-order valence-corrected chi connectivity index (χ3v) is 2.61. The number of carbonyl (C=O) groups is 2. The van der Waals surface area contributed by atoms with Crippen molar-refractivity contribution in [3.05, 3.63) is 35.4 Å². The van der Waals surface area contributed by atoms with Crippen LogP contribution in [0.2, 0.25) is 0 Å². The van der Waals surface area contributed by atoms with Crippen LogP contribution in [0.1, 0.15) is 31.9 Å². The lowest BCUT2D eigenvalue weighted by Gasteiger charge is -2.24. The molecule has 1 aromatic rings. The highest BCUT2D eigenvalue weighted by Crippen LogP contribution is 2.12. The minimum Gasteiger partial charge on any atom is -0.444 e. The van der Waals surface area contributed by atoms with E-state index < -0.39 is 11.6 Å². The summed E-state index contributed by atoms with van der Waals surface area (Å²) in [5.74, 6) is 0. The number of primary amides is 1. The SMILES string of the molecule is CN(Cc1ccc(CNC(N)=O)cc1)C(=O)OC(C)(C)C. The normalized spacial score (nSPS) is 10.9. The van der Waals surface area contributed by atoms with E-state index in [1.807, 2.05) is 45.0 Å². The smallest absolute Gasteiger partial charge is 0.410 e. The molecule has 0 bridgehead atoms. The van der Waals surface area contributed by atoms with Gasteiger partial charge in [-0.2, -0.15) is 0 Å². The average Bonchev–Trinajstić information content (AvgIpc) is 2.35. The van der Waals surface area contributed by atoms with Crippen LogP contribution in [0.3, 0.4) is 0 Å². The van der Waals surface area contributed by atoms with Gasteiger partial charge < -0.3 is 20.7 Å². The van der Waals surface area contributed by atoms with Gasteiger partial charge in [-0.3, -0.25) is 0 Å². The van der Waals surface area contributed by atoms with Gasteiger partial charge in [0.15, 0.2) is 0 Å². The molecule has 0 saturated carbocycles. The second kappa shape index (κ2) is 6.97. The molecule has 1 rings (SSSR count). The van der Waals surface area contributed by atoms with Crippen LogP contribution in [0.15, 0.2) is 24.3 Å². The molecule has 0 atom stereocenters. The van der Waals surface area contributed by atoms with Crippen molar-refractivity contribution in [3.8, 4) is 0 Å². The Morgan fingerprint density at radius 2 is 1.71 bits per heavy atom. The Kier molecular flexibility index (Phi) is 5.58. The number of hydrogen-bond acceptors (Lipinski definition) is 3. The van der Waals surface area contributed by atoms with Crippen molar-refractivity contribution < 1.29 is 14.3 Å². The Morgan fingerprint density at radius 1 is 1.19 bits per heavy atom. The molecule has 1 aromatic carbocycles. The molecular formula is C15H23N3O3. The Labute approximate surface area is 125 Å². The molecule has 0 saturated heterocycles. The van der Waals surface area contributed by atoms with Crippen molar-refractivity contribution in [1.29, 1.82) is 0 Å². The molecule has 3 amide bonds. The number of ether oxygens (including phenoxy) is 1. The van der Waals surface area contributed by atoms with E-state index in [0.717, 1.165) is 11.1 Å². The molecule has 3 N–H and O–H groups in total. The monoisotopic (exact) mass is 293 g/mol. The number of nitrogens with two attached hydrogens (primary N) is 1. The van der Waals surface area contributed by atoms with Crippen LogP contribution in [-0.4, -0.2) is 29.7 Å². The topological polar surface area (TPSA) is 84.7 Å². The second-order valence-corrected chi connectivity index (χ2v) is 5.87. The predicted octanol–water partition coefficient (Wildman–Crippen LogP) is 2.22. The van der Waals surface area contributed by atoms with Gasteiger partial charge in [-0.1, -0.05) is 24.3 Å². The molecule has 21 heavy (non-hydrogen) atoms. The summed E-state index contributed by atoms with van der Waals surface area (Å²) < 4.78 is 5.29. The van der Waals surface area contributed by atoms with Gasteiger partial charge in [-0.25, -0.2) is 9.59 Å². The molecule has 0 aliphatic rings. The largest absolute Gasteiger partial charge is 0.444 e. The van der Waals surface area contributed by atoms with Crippen molar-refractivity contribution in [1.82, 2.24) is 10.2 Å². The Balaban J connectivity index is 2.55. The third kappa shape index (κ3) is 6.65. The van der Waals surface area contributed by atoms with Crippen molar-refractivity contribution >= 4 is 12.1 Å². The Bertz CT molecular complexity index is 492. The highest BCUT2D eigenvalue weighted by molar-refractivity contribution is 5.71. The van der Waals surface area contributed by atoms with Crippen LogP contribution in [0, 0.1) is 0 Å². The number of nitrogens with zero attached hydrogens (tertiary/aromatic N) is 1. The van der Waals surface area contributed by atoms with Crippen molar-refractivity contribution in [2.24, 2.45) is 5.73 Å². The number of amides is 3. The molecule has 116 valence electrons. The van der Waals surface area contributed by atoms with E-state index in [9.17, 15) is 9.59 Å². The molecule has 6 nitrogen and oxygen atoms in total. The maximum atomic E-state index is 11.8. The number of nitrogens with one attached hydrogen (secondary N) is 1. The highest BCUT2D eigenvalue weighted by atomic mass is 16.6. The van der Waals surface area contributed by atoms with Gasteiger partial charge in [0.05, 0.1) is 0 Å². The molecule has 0 aliphatic carbocycles. The van der Waals surface area contributed by atoms with E-state index in [1.165, 1.54) is 4.90 Å². The zero-order chi connectivity index (χ0) is 16.0. The first-order chi connectivity index (χ1) is 9.67. The average molecular weight is 293 g/mol. The maximum absolute atomic E-state index is 11.8. The fraction of sp³-hybridized carbons (Fsp3) is 0.467. The number of carbonyl (C=O) groups excluding carboxylic acids is 2. The van der Waals surface area contributed by atoms with Crippen LogP contribution in [0.4, 0.5) is 9.59 Å². The van der Waals surface area contributed by atoms with Crippen molar-refractivity contribution in [2.75, 3.05) is 7.05 Å². The third-order valence-electron chi connectivity index (χ3n) is 2.61. The number of benzene rings is 1. The summed E-state index contributed by atoms with van der Waals surface area (Å²) in [6.45, 7) is 6.34. The number of urea groups is 1. The molecule has 6 heteroatoms. The summed E-state index contributed by atoms with van der Waals surface area (Å²) >= 11 is 0. The molecule has 0 radical (unpaired) electrons. The van der Waals surface area contributed by atoms with Gasteiger partial charge in [0.25, 0.3) is 0 Å². The van der Waals surface area contributed by atoms with E-state index in [4.69, 9.17) is 10.5 Å². The zero-order valence-corrected chi connectivity index (χ0v) is 13.0. The molecule has 0 fully saturated rings. The number of rotatable bonds is 4. The van der Waals surface area contributed by atoms with Gasteiger partial charge in [0.2, 0.25) is 0 Å². The molecule has 0 aromatic heterocycles. The highest BCUT2D eigenvalue weighted by Gasteiger charge is 2.19. The van der Waals surface area contributed by atoms with Gasteiger partial charge in [-0.15, -0.1) is 0 Å². The minimum absolute atomic E-state index is 0.359. The van der Waals surface area contributed by atoms with Gasteiger partial charge in [0, 0.05) is 20.1 Å². The summed E-state index contributed by atoms with van der Waals surface area (Å²) in [5.41, 5.74) is 6.43. The lowest BCUT2D eigenvalue weighted by atomic mass is 10.1. The summed E-state index contributed by atoms with van der Waals surface area (Å²) in [6, 6.07) is 7.02. The van der Waals surface area contributed by atoms with Gasteiger partial charge >= 0.3 is 12.1 Å². The van der Waals surface area contributed by atoms with Crippen LogP contribution in [0.25, 0.3) is 0 Å². The molecule has 0 aliphatic heterocycles. The van der Waals surface area contributed by atoms with E-state index in [-0.39, 0.29) is 6.09 Å². The van der Waals surface area contributed by atoms with Crippen molar-refractivity contribution in [3.63, 3.8) is 0 Å². The fourth-order valence-electron chi connectivity index (χ4n) is 1.63. The first kappa shape index (κ1) is 16.8. The van der Waals surface area contributed by atoms with E-state index in [2.05, 4.69) is 5.32 Å². The molecule has 0 unspecified atom stereocenters. The number of hydrogen-bond donors (Lipinski definition) is 2. The van der Waals surface area contributed by atoms with E-state index in [0.29, 0.717) is 13.1 Å². The van der Waals surface area contributed by atoms with Gasteiger partial charge in [-0.05, 0) is 31.9 Å². The van der Waals surface area contributed by atoms with Gasteiger partial charge in [0.1, 0.15) is 5.60 Å². The van der Waals surface area contributed by atoms with E-state index in [1.54, 1.807) is 7.05 Å². The maximum Gasteiger partial charge on any atom is 0.410 e. The minimum atomic E-state index is -0.552. The summed E-state index contributed by atoms with van der Waals surface area (Å²) in [5, 5.41) is 2.52. The van der Waals surface area contributed by atoms with Crippen LogP contribution in [-0.2, 0) is 17.8 Å². The lowest BCUT2D eigenvalue weighted by molar-refractivity contribution is 0.0285. The predicted molar refractivity (Wildman–Crippen MR) is 80.6 cm³/mol. The summed E-state index contributed by atoms with van der Waals surface area (Å²) in [4.78, 5) is 24.0. The molecular weight excluding hydrogens is 270 g/mol. The first-order valence-electron chi connectivity index (χ1n) is 6.72. The standard InChI is InChI=1S/C15H23N3O3/c1-15(2,3)21-14(20)18(4)10-12-7-5-11(6-8-12)9-17-13(16)19/h5-8H,9-10H2,1-4H3,(H3,16,17,19). The zero-order valence-electron chi connectivity index (χ0n) is 13.0. The molecule has 0 spiro atoms. The molecule has 0 heterocycles. The van der Waals surface area contributed by atoms with Crippen LogP contribution < -0.4 is 11.1 Å². The quantitative estimate of drug-likeness (QED) is 0.892. The van der Waals surface area contributed by atoms with E-state index >= 15 is 0 Å². The Hall–Kier alpha value is -2.24. The van der Waals surface area contributed by atoms with Crippen LogP contribution in [0.5, 0.6) is 0 Å². The fourth-order valence-corrected chi connectivity index (χ4v) is 1.63. The second-order valence-electron chi connectivity index (χ2n) is 5.87. The van der Waals surface area contributed by atoms with Crippen LogP contribution >= 0.6 is 0 Å². The summed E-state index contributed by atoms with van der Waals surface area (Å²) in [6.07, 6.45) is -0.359. The van der Waals surface area contributed by atoms with Crippen molar-refractivity contribution in [2.45, 2.75) is 39.5 Å². The first-order valence-corrected chi connectivity index (χ1v) is 6.72. The summed E-state index contributed by atoms with van der Waals surface area (Å²) in [7, 11) is 1.69. The lowest BCUT2D eigenvalue weighted by Crippen LogP contribution is -2.33. The Morgan fingerprint density at radius 3 is 2.19 bits per heavy atom.